The van der Waals surface area contributed by atoms with Crippen LogP contribution in [0.1, 0.15) is 19.8 Å². The lowest BCUT2D eigenvalue weighted by Crippen LogP contribution is -2.37. The van der Waals surface area contributed by atoms with E-state index >= 15 is 0 Å². The van der Waals surface area contributed by atoms with Gasteiger partial charge in [-0.1, -0.05) is 13.3 Å². The lowest BCUT2D eigenvalue weighted by Gasteiger charge is -2.10. The third-order valence-corrected chi connectivity index (χ3v) is 0.997. The van der Waals surface area contributed by atoms with Gasteiger partial charge in [0, 0.05) is 6.04 Å². The van der Waals surface area contributed by atoms with Crippen molar-refractivity contribution in [2.24, 2.45) is 5.73 Å². The summed E-state index contributed by atoms with van der Waals surface area (Å²) in [4.78, 5) is 0. The van der Waals surface area contributed by atoms with Gasteiger partial charge >= 0.3 is 0 Å². The van der Waals surface area contributed by atoms with E-state index in [1.54, 1.807) is 0 Å². The highest BCUT2D eigenvalue weighted by atomic mass is 15.1. The Kier molecular flexibility index (Phi) is 3.84. The van der Waals surface area contributed by atoms with E-state index in [9.17, 15) is 0 Å². The number of hydrogen-bond acceptors (Lipinski definition) is 1. The molecule has 0 aliphatic rings. The van der Waals surface area contributed by atoms with Crippen LogP contribution in [0.3, 0.4) is 0 Å². The predicted octanol–water partition coefficient (Wildman–Crippen LogP) is 0.472. The zero-order chi connectivity index (χ0) is 7.28. The molecule has 0 aliphatic carbocycles. The van der Waals surface area contributed by atoms with E-state index in [2.05, 4.69) is 19.2 Å². The first-order chi connectivity index (χ1) is 4.16. The van der Waals surface area contributed by atoms with Crippen LogP contribution in [-0.2, 0) is 0 Å². The zero-order valence-electron chi connectivity index (χ0n) is 5.78. The van der Waals surface area contributed by atoms with Crippen LogP contribution in [-0.4, -0.2) is 12.0 Å². The molecule has 3 heteroatoms. The largest absolute Gasteiger partial charge is 0.370 e. The van der Waals surface area contributed by atoms with E-state index in [1.165, 1.54) is 0 Å². The van der Waals surface area contributed by atoms with Crippen molar-refractivity contribution in [3.05, 3.63) is 6.92 Å². The fourth-order valence-corrected chi connectivity index (χ4v) is 0.641. The van der Waals surface area contributed by atoms with Gasteiger partial charge in [-0.25, -0.2) is 0 Å². The summed E-state index contributed by atoms with van der Waals surface area (Å²) in [5, 5.41) is 9.52. The Balaban J connectivity index is 3.26. The standard InChI is InChI=1S/C6H14N3/c1-3-4-5(2)9-6(7)8/h5H,2-4H2,1H3,(H4,7,8,9)/t5-/m0/s1. The molecule has 0 saturated heterocycles. The van der Waals surface area contributed by atoms with Crippen molar-refractivity contribution in [1.82, 2.24) is 5.32 Å². The summed E-state index contributed by atoms with van der Waals surface area (Å²) in [6.45, 7) is 5.81. The van der Waals surface area contributed by atoms with Crippen LogP contribution in [0.15, 0.2) is 0 Å². The van der Waals surface area contributed by atoms with Crippen molar-refractivity contribution in [3.63, 3.8) is 0 Å². The lowest BCUT2D eigenvalue weighted by molar-refractivity contribution is 0.639. The fourth-order valence-electron chi connectivity index (χ4n) is 0.641. The lowest BCUT2D eigenvalue weighted by atomic mass is 10.2. The van der Waals surface area contributed by atoms with Gasteiger partial charge in [-0.3, -0.25) is 5.41 Å². The molecule has 0 saturated carbocycles. The summed E-state index contributed by atoms with van der Waals surface area (Å²) in [5.41, 5.74) is 5.06. The number of nitrogens with one attached hydrogen (secondary N) is 2. The third kappa shape index (κ3) is 5.14. The van der Waals surface area contributed by atoms with Crippen molar-refractivity contribution in [2.75, 3.05) is 0 Å². The van der Waals surface area contributed by atoms with Gasteiger partial charge in [0.15, 0.2) is 5.96 Å². The number of rotatable bonds is 3. The van der Waals surface area contributed by atoms with Crippen LogP contribution in [0.2, 0.25) is 0 Å². The van der Waals surface area contributed by atoms with Gasteiger partial charge in [-0.05, 0) is 13.3 Å². The summed E-state index contributed by atoms with van der Waals surface area (Å²) in [5.74, 6) is 0.00319. The summed E-state index contributed by atoms with van der Waals surface area (Å²) in [6.07, 6.45) is 2.02. The third-order valence-electron chi connectivity index (χ3n) is 0.997. The molecule has 3 nitrogen and oxygen atoms in total. The molecule has 0 fully saturated rings. The normalized spacial score (nSPS) is 12.7. The summed E-state index contributed by atoms with van der Waals surface area (Å²) >= 11 is 0. The minimum Gasteiger partial charge on any atom is -0.370 e. The van der Waals surface area contributed by atoms with Crippen LogP contribution in [0.5, 0.6) is 0 Å². The number of hydrogen-bond donors (Lipinski definition) is 3. The van der Waals surface area contributed by atoms with Gasteiger partial charge in [0.25, 0.3) is 0 Å². The molecular formula is C6H14N3. The molecule has 4 N–H and O–H groups in total. The molecule has 0 bridgehead atoms. The fraction of sp³-hybridized carbons (Fsp3) is 0.667. The highest BCUT2D eigenvalue weighted by molar-refractivity contribution is 5.74. The molecule has 0 unspecified atom stereocenters. The van der Waals surface area contributed by atoms with E-state index in [-0.39, 0.29) is 12.0 Å². The minimum absolute atomic E-state index is 0.00319. The minimum atomic E-state index is 0.00319. The van der Waals surface area contributed by atoms with Gasteiger partial charge < -0.3 is 11.1 Å². The van der Waals surface area contributed by atoms with Crippen molar-refractivity contribution >= 4 is 5.96 Å². The van der Waals surface area contributed by atoms with Crippen LogP contribution in [0, 0.1) is 12.3 Å². The van der Waals surface area contributed by atoms with Crippen LogP contribution in [0.25, 0.3) is 0 Å². The van der Waals surface area contributed by atoms with Gasteiger partial charge in [0.2, 0.25) is 0 Å². The second-order valence-electron chi connectivity index (χ2n) is 2.04. The van der Waals surface area contributed by atoms with E-state index in [4.69, 9.17) is 11.1 Å². The molecule has 0 aromatic heterocycles. The van der Waals surface area contributed by atoms with Crippen molar-refractivity contribution < 1.29 is 0 Å². The second kappa shape index (κ2) is 4.18. The monoisotopic (exact) mass is 128 g/mol. The molecule has 0 amide bonds. The molecule has 1 radical (unpaired) electrons. The van der Waals surface area contributed by atoms with E-state index in [0.717, 1.165) is 12.8 Å². The summed E-state index contributed by atoms with van der Waals surface area (Å²) in [7, 11) is 0. The smallest absolute Gasteiger partial charge is 0.185 e. The molecule has 1 atom stereocenters. The van der Waals surface area contributed by atoms with E-state index in [0.29, 0.717) is 0 Å². The molecule has 0 aliphatic heterocycles. The Morgan fingerprint density at radius 2 is 2.44 bits per heavy atom. The highest BCUT2D eigenvalue weighted by Gasteiger charge is 1.97. The first-order valence-electron chi connectivity index (χ1n) is 3.10. The Labute approximate surface area is 56.1 Å². The Bertz CT molecular complexity index is 90.3. The highest BCUT2D eigenvalue weighted by Crippen LogP contribution is 1.92. The summed E-state index contributed by atoms with van der Waals surface area (Å²) in [6, 6.07) is 0.0903. The zero-order valence-corrected chi connectivity index (χ0v) is 5.78. The molecule has 0 spiro atoms. The SMILES string of the molecule is [CH2][C@@H](CCC)NC(=N)N. The summed E-state index contributed by atoms with van der Waals surface area (Å²) < 4.78 is 0. The maximum absolute atomic E-state index is 6.83. The molecule has 0 aromatic rings. The molecule has 0 rings (SSSR count). The predicted molar refractivity (Wildman–Crippen MR) is 39.1 cm³/mol. The van der Waals surface area contributed by atoms with E-state index < -0.39 is 0 Å². The van der Waals surface area contributed by atoms with Gasteiger partial charge in [0.1, 0.15) is 0 Å². The van der Waals surface area contributed by atoms with Gasteiger partial charge in [-0.15, -0.1) is 0 Å². The quantitative estimate of drug-likeness (QED) is 0.382. The second-order valence-corrected chi connectivity index (χ2v) is 2.04. The average Bonchev–Trinajstić information content (AvgIpc) is 1.63. The van der Waals surface area contributed by atoms with E-state index in [1.807, 2.05) is 0 Å². The first-order valence-corrected chi connectivity index (χ1v) is 3.10. The molecule has 9 heavy (non-hydrogen) atoms. The molecule has 53 valence electrons. The molecular weight excluding hydrogens is 114 g/mol. The van der Waals surface area contributed by atoms with Gasteiger partial charge in [-0.2, -0.15) is 0 Å². The van der Waals surface area contributed by atoms with Gasteiger partial charge in [0.05, 0.1) is 0 Å². The maximum atomic E-state index is 6.83. The Hall–Kier alpha value is -0.730. The van der Waals surface area contributed by atoms with Crippen molar-refractivity contribution in [2.45, 2.75) is 25.8 Å². The average molecular weight is 128 g/mol. The Morgan fingerprint density at radius 1 is 1.89 bits per heavy atom. The molecule has 0 aromatic carbocycles. The van der Waals surface area contributed by atoms with Crippen LogP contribution >= 0.6 is 0 Å². The van der Waals surface area contributed by atoms with Crippen molar-refractivity contribution in [3.8, 4) is 0 Å². The molecule has 0 heterocycles. The Morgan fingerprint density at radius 3 is 2.78 bits per heavy atom. The van der Waals surface area contributed by atoms with Crippen LogP contribution < -0.4 is 11.1 Å². The van der Waals surface area contributed by atoms with Crippen molar-refractivity contribution in [1.29, 1.82) is 5.41 Å². The maximum Gasteiger partial charge on any atom is 0.185 e. The number of nitrogens with two attached hydrogens (primary N) is 1. The topological polar surface area (TPSA) is 61.9 Å². The first kappa shape index (κ1) is 8.27. The number of guanidine groups is 1. The van der Waals surface area contributed by atoms with Crippen LogP contribution in [0.4, 0.5) is 0 Å².